The summed E-state index contributed by atoms with van der Waals surface area (Å²) in [6, 6.07) is 8.51. The zero-order valence-corrected chi connectivity index (χ0v) is 15.5. The second-order valence-corrected chi connectivity index (χ2v) is 7.81. The maximum absolute atomic E-state index is 13.0. The van der Waals surface area contributed by atoms with Gasteiger partial charge < -0.3 is 15.0 Å². The number of piperidine rings is 1. The third kappa shape index (κ3) is 3.32. The molecule has 1 saturated heterocycles. The molecule has 0 bridgehead atoms. The van der Waals surface area contributed by atoms with E-state index in [0.29, 0.717) is 0 Å². The molecule has 5 heteroatoms. The van der Waals surface area contributed by atoms with Crippen LogP contribution in [0.5, 0.6) is 0 Å². The molecule has 0 aromatic heterocycles. The van der Waals surface area contributed by atoms with E-state index in [0.717, 1.165) is 49.8 Å². The van der Waals surface area contributed by atoms with Crippen LogP contribution in [0.1, 0.15) is 31.2 Å². The van der Waals surface area contributed by atoms with E-state index in [2.05, 4.69) is 45.5 Å². The fraction of sp³-hybridized carbons (Fsp3) is 0.611. The van der Waals surface area contributed by atoms with Crippen LogP contribution >= 0.6 is 15.9 Å². The van der Waals surface area contributed by atoms with Crippen molar-refractivity contribution in [2.24, 2.45) is 0 Å². The largest absolute Gasteiger partial charge is 0.368 e. The highest BCUT2D eigenvalue weighted by Crippen LogP contribution is 2.49. The molecule has 126 valence electrons. The van der Waals surface area contributed by atoms with Gasteiger partial charge in [-0.05, 0) is 56.5 Å². The molecule has 0 radical (unpaired) electrons. The van der Waals surface area contributed by atoms with Gasteiger partial charge in [-0.15, -0.1) is 0 Å². The Morgan fingerprint density at radius 3 is 2.35 bits per heavy atom. The molecule has 2 fully saturated rings. The maximum Gasteiger partial charge on any atom is 0.254 e. The molecule has 1 aromatic carbocycles. The SMILES string of the molecule is COC1(C(=O)N(C)CC2(c3ccc(Br)cc3)CC2)CCNCC1. The van der Waals surface area contributed by atoms with Gasteiger partial charge >= 0.3 is 0 Å². The highest BCUT2D eigenvalue weighted by molar-refractivity contribution is 9.10. The van der Waals surface area contributed by atoms with Crippen molar-refractivity contribution in [1.29, 1.82) is 0 Å². The van der Waals surface area contributed by atoms with Crippen molar-refractivity contribution in [2.75, 3.05) is 33.8 Å². The molecular formula is C18H25BrN2O2. The second kappa shape index (κ2) is 6.54. The van der Waals surface area contributed by atoms with Gasteiger partial charge in [-0.1, -0.05) is 28.1 Å². The van der Waals surface area contributed by atoms with Gasteiger partial charge in [-0.25, -0.2) is 0 Å². The Morgan fingerprint density at radius 1 is 1.22 bits per heavy atom. The number of hydrogen-bond acceptors (Lipinski definition) is 3. The summed E-state index contributed by atoms with van der Waals surface area (Å²) in [5.74, 6) is 0.130. The number of amides is 1. The van der Waals surface area contributed by atoms with E-state index < -0.39 is 5.60 Å². The molecule has 1 amide bonds. The van der Waals surface area contributed by atoms with Gasteiger partial charge in [0, 0.05) is 30.6 Å². The number of benzene rings is 1. The zero-order chi connectivity index (χ0) is 16.5. The number of nitrogens with zero attached hydrogens (tertiary/aromatic N) is 1. The van der Waals surface area contributed by atoms with E-state index in [1.165, 1.54) is 5.56 Å². The second-order valence-electron chi connectivity index (χ2n) is 6.90. The molecule has 1 N–H and O–H groups in total. The summed E-state index contributed by atoms with van der Waals surface area (Å²) in [6.07, 6.45) is 3.79. The normalized spacial score (nSPS) is 21.7. The number of halogens is 1. The number of carbonyl (C=O) groups excluding carboxylic acids is 1. The van der Waals surface area contributed by atoms with E-state index in [-0.39, 0.29) is 11.3 Å². The number of nitrogens with one attached hydrogen (secondary N) is 1. The molecule has 3 rings (SSSR count). The molecule has 23 heavy (non-hydrogen) atoms. The lowest BCUT2D eigenvalue weighted by Crippen LogP contribution is -2.55. The van der Waals surface area contributed by atoms with E-state index >= 15 is 0 Å². The van der Waals surface area contributed by atoms with Gasteiger partial charge in [0.2, 0.25) is 0 Å². The van der Waals surface area contributed by atoms with Crippen LogP contribution in [-0.2, 0) is 14.9 Å². The van der Waals surface area contributed by atoms with Crippen LogP contribution in [0.15, 0.2) is 28.7 Å². The molecular weight excluding hydrogens is 356 g/mol. The minimum atomic E-state index is -0.643. The smallest absolute Gasteiger partial charge is 0.254 e. The van der Waals surface area contributed by atoms with Gasteiger partial charge in [0.1, 0.15) is 5.60 Å². The summed E-state index contributed by atoms with van der Waals surface area (Å²) in [4.78, 5) is 14.9. The Bertz CT molecular complexity index is 563. The van der Waals surface area contributed by atoms with Gasteiger partial charge in [-0.2, -0.15) is 0 Å². The summed E-state index contributed by atoms with van der Waals surface area (Å²) in [5, 5.41) is 3.30. The van der Waals surface area contributed by atoms with Gasteiger partial charge in [0.05, 0.1) is 0 Å². The van der Waals surface area contributed by atoms with Crippen molar-refractivity contribution in [3.63, 3.8) is 0 Å². The molecule has 2 aliphatic rings. The highest BCUT2D eigenvalue weighted by atomic mass is 79.9. The first-order valence-electron chi connectivity index (χ1n) is 8.29. The Labute approximate surface area is 146 Å². The van der Waals surface area contributed by atoms with Crippen LogP contribution in [-0.4, -0.2) is 50.2 Å². The molecule has 0 spiro atoms. The van der Waals surface area contributed by atoms with Crippen molar-refractivity contribution in [3.8, 4) is 0 Å². The van der Waals surface area contributed by atoms with Crippen LogP contribution in [0.4, 0.5) is 0 Å². The number of hydrogen-bond donors (Lipinski definition) is 1. The first kappa shape index (κ1) is 16.9. The Kier molecular flexibility index (Phi) is 4.81. The lowest BCUT2D eigenvalue weighted by atomic mass is 9.89. The van der Waals surface area contributed by atoms with E-state index in [1.807, 2.05) is 11.9 Å². The van der Waals surface area contributed by atoms with Crippen molar-refractivity contribution < 1.29 is 9.53 Å². The predicted octanol–water partition coefficient (Wildman–Crippen LogP) is 2.71. The van der Waals surface area contributed by atoms with Crippen molar-refractivity contribution in [3.05, 3.63) is 34.3 Å². The Morgan fingerprint density at radius 2 is 1.83 bits per heavy atom. The number of methoxy groups -OCH3 is 1. The third-order valence-electron chi connectivity index (χ3n) is 5.39. The lowest BCUT2D eigenvalue weighted by Gasteiger charge is -2.38. The summed E-state index contributed by atoms with van der Waals surface area (Å²) in [6.45, 7) is 2.45. The van der Waals surface area contributed by atoms with Crippen molar-refractivity contribution >= 4 is 21.8 Å². The number of carbonyl (C=O) groups is 1. The minimum Gasteiger partial charge on any atom is -0.368 e. The summed E-state index contributed by atoms with van der Waals surface area (Å²) in [7, 11) is 3.59. The molecule has 1 saturated carbocycles. The van der Waals surface area contributed by atoms with E-state index in [9.17, 15) is 4.79 Å². The number of rotatable bonds is 5. The fourth-order valence-electron chi connectivity index (χ4n) is 3.70. The first-order valence-corrected chi connectivity index (χ1v) is 9.08. The van der Waals surface area contributed by atoms with E-state index in [1.54, 1.807) is 7.11 Å². The van der Waals surface area contributed by atoms with Gasteiger partial charge in [0.15, 0.2) is 0 Å². The van der Waals surface area contributed by atoms with Gasteiger partial charge in [0.25, 0.3) is 5.91 Å². The van der Waals surface area contributed by atoms with Crippen molar-refractivity contribution in [2.45, 2.75) is 36.7 Å². The van der Waals surface area contributed by atoms with E-state index in [4.69, 9.17) is 4.74 Å². The van der Waals surface area contributed by atoms with Crippen molar-refractivity contribution in [1.82, 2.24) is 10.2 Å². The predicted molar refractivity (Wildman–Crippen MR) is 94.5 cm³/mol. The summed E-state index contributed by atoms with van der Waals surface area (Å²) in [5.41, 5.74) is 0.820. The maximum atomic E-state index is 13.0. The molecule has 1 aromatic rings. The molecule has 0 atom stereocenters. The van der Waals surface area contributed by atoms with Crippen LogP contribution in [0.2, 0.25) is 0 Å². The topological polar surface area (TPSA) is 41.6 Å². The third-order valence-corrected chi connectivity index (χ3v) is 5.92. The van der Waals surface area contributed by atoms with Crippen LogP contribution in [0.3, 0.4) is 0 Å². The fourth-order valence-corrected chi connectivity index (χ4v) is 3.97. The molecule has 1 aliphatic heterocycles. The summed E-state index contributed by atoms with van der Waals surface area (Å²) < 4.78 is 6.77. The highest BCUT2D eigenvalue weighted by Gasteiger charge is 2.48. The molecule has 0 unspecified atom stereocenters. The zero-order valence-electron chi connectivity index (χ0n) is 13.9. The van der Waals surface area contributed by atoms with Crippen LogP contribution < -0.4 is 5.32 Å². The van der Waals surface area contributed by atoms with Crippen LogP contribution in [0, 0.1) is 0 Å². The molecule has 1 heterocycles. The summed E-state index contributed by atoms with van der Waals surface area (Å²) >= 11 is 3.49. The standard InChI is InChI=1S/C18H25BrN2O2/c1-21(16(22)18(23-2)9-11-20-12-10-18)13-17(7-8-17)14-3-5-15(19)6-4-14/h3-6,20H,7-13H2,1-2H3. The minimum absolute atomic E-state index is 0.130. The molecule has 1 aliphatic carbocycles. The Balaban J connectivity index is 1.72. The Hall–Kier alpha value is -0.910. The average Bonchev–Trinajstić information content (AvgIpc) is 3.36. The molecule has 4 nitrogen and oxygen atoms in total. The number of ether oxygens (including phenoxy) is 1. The lowest BCUT2D eigenvalue weighted by molar-refractivity contribution is -0.157. The van der Waals surface area contributed by atoms with Gasteiger partial charge in [-0.3, -0.25) is 4.79 Å². The average molecular weight is 381 g/mol. The quantitative estimate of drug-likeness (QED) is 0.853. The first-order chi connectivity index (χ1) is 11.0. The van der Waals surface area contributed by atoms with Crippen LogP contribution in [0.25, 0.3) is 0 Å². The monoisotopic (exact) mass is 380 g/mol. The number of likely N-dealkylation sites (N-methyl/N-ethyl adjacent to an activating group) is 1.